The van der Waals surface area contributed by atoms with Crippen molar-refractivity contribution in [1.29, 1.82) is 0 Å². The second-order valence-electron chi connectivity index (χ2n) is 6.02. The number of fused-ring (bicyclic) bond motifs is 1. The summed E-state index contributed by atoms with van der Waals surface area (Å²) in [5.41, 5.74) is 5.54. The van der Waals surface area contributed by atoms with E-state index in [2.05, 4.69) is 73.0 Å². The number of hydrogen-bond acceptors (Lipinski definition) is 2. The van der Waals surface area contributed by atoms with Gasteiger partial charge in [0.25, 0.3) is 0 Å². The van der Waals surface area contributed by atoms with E-state index >= 15 is 0 Å². The highest BCUT2D eigenvalue weighted by Gasteiger charge is 2.19. The highest BCUT2D eigenvalue weighted by Crippen LogP contribution is 2.26. The lowest BCUT2D eigenvalue weighted by Crippen LogP contribution is -2.26. The maximum atomic E-state index is 3.81. The molecule has 2 aromatic carbocycles. The van der Waals surface area contributed by atoms with Crippen LogP contribution in [0.1, 0.15) is 47.7 Å². The fraction of sp³-hybridized carbons (Fsp3) is 0.368. The van der Waals surface area contributed by atoms with Crippen molar-refractivity contribution in [3.63, 3.8) is 0 Å². The van der Waals surface area contributed by atoms with Crippen LogP contribution < -0.4 is 10.6 Å². The molecule has 0 saturated carbocycles. The highest BCUT2D eigenvalue weighted by molar-refractivity contribution is 5.32. The number of benzene rings is 2. The van der Waals surface area contributed by atoms with Crippen LogP contribution in [-0.2, 0) is 6.54 Å². The van der Waals surface area contributed by atoms with Gasteiger partial charge >= 0.3 is 0 Å². The van der Waals surface area contributed by atoms with Crippen LogP contribution in [0, 0.1) is 6.92 Å². The predicted molar refractivity (Wildman–Crippen MR) is 88.2 cm³/mol. The summed E-state index contributed by atoms with van der Waals surface area (Å²) in [7, 11) is 0. The van der Waals surface area contributed by atoms with Crippen LogP contribution in [0.3, 0.4) is 0 Å². The Kier molecular flexibility index (Phi) is 4.37. The Morgan fingerprint density at radius 2 is 1.86 bits per heavy atom. The largest absolute Gasteiger partial charge is 0.313 e. The Hall–Kier alpha value is -1.64. The van der Waals surface area contributed by atoms with Gasteiger partial charge in [0.15, 0.2) is 0 Å². The first-order valence-electron chi connectivity index (χ1n) is 7.85. The molecular formula is C19H24N2. The van der Waals surface area contributed by atoms with Crippen molar-refractivity contribution in [2.45, 2.75) is 38.9 Å². The van der Waals surface area contributed by atoms with Crippen molar-refractivity contribution >= 4 is 0 Å². The van der Waals surface area contributed by atoms with Crippen molar-refractivity contribution in [3.05, 3.63) is 70.8 Å². The molecule has 0 saturated heterocycles. The standard InChI is InChI=1S/C19H24N2/c1-14-7-9-16(10-8-14)15(2)21-19-11-12-20-13-17-5-3-4-6-18(17)19/h3-10,15,19-21H,11-13H2,1-2H3/t15-,19?/m0/s1. The van der Waals surface area contributed by atoms with E-state index in [0.29, 0.717) is 12.1 Å². The van der Waals surface area contributed by atoms with E-state index in [1.807, 2.05) is 0 Å². The molecular weight excluding hydrogens is 256 g/mol. The number of hydrogen-bond donors (Lipinski definition) is 2. The van der Waals surface area contributed by atoms with Crippen molar-refractivity contribution < 1.29 is 0 Å². The molecule has 2 aromatic rings. The van der Waals surface area contributed by atoms with Crippen molar-refractivity contribution in [3.8, 4) is 0 Å². The molecule has 21 heavy (non-hydrogen) atoms. The Morgan fingerprint density at radius 3 is 2.67 bits per heavy atom. The molecule has 0 radical (unpaired) electrons. The maximum Gasteiger partial charge on any atom is 0.0340 e. The first-order valence-corrected chi connectivity index (χ1v) is 7.85. The van der Waals surface area contributed by atoms with Gasteiger partial charge < -0.3 is 10.6 Å². The van der Waals surface area contributed by atoms with Crippen LogP contribution in [0.4, 0.5) is 0 Å². The van der Waals surface area contributed by atoms with Gasteiger partial charge in [0.2, 0.25) is 0 Å². The quantitative estimate of drug-likeness (QED) is 0.891. The van der Waals surface area contributed by atoms with Crippen LogP contribution in [0.15, 0.2) is 48.5 Å². The summed E-state index contributed by atoms with van der Waals surface area (Å²) in [5.74, 6) is 0. The van der Waals surface area contributed by atoms with E-state index in [0.717, 1.165) is 19.5 Å². The minimum absolute atomic E-state index is 0.363. The fourth-order valence-corrected chi connectivity index (χ4v) is 3.09. The average Bonchev–Trinajstić information content (AvgIpc) is 2.71. The zero-order chi connectivity index (χ0) is 14.7. The molecule has 2 heteroatoms. The average molecular weight is 280 g/mol. The zero-order valence-electron chi connectivity index (χ0n) is 12.9. The molecule has 0 aliphatic carbocycles. The minimum Gasteiger partial charge on any atom is -0.313 e. The van der Waals surface area contributed by atoms with E-state index < -0.39 is 0 Å². The summed E-state index contributed by atoms with van der Waals surface area (Å²) >= 11 is 0. The molecule has 110 valence electrons. The van der Waals surface area contributed by atoms with E-state index in [4.69, 9.17) is 0 Å². The van der Waals surface area contributed by atoms with Gasteiger partial charge in [0.05, 0.1) is 0 Å². The SMILES string of the molecule is Cc1ccc([C@H](C)NC2CCNCc3ccccc32)cc1. The monoisotopic (exact) mass is 280 g/mol. The number of rotatable bonds is 3. The second-order valence-corrected chi connectivity index (χ2v) is 6.02. The third kappa shape index (κ3) is 3.34. The number of nitrogens with one attached hydrogen (secondary N) is 2. The lowest BCUT2D eigenvalue weighted by atomic mass is 9.97. The van der Waals surface area contributed by atoms with Crippen LogP contribution in [-0.4, -0.2) is 6.54 Å². The van der Waals surface area contributed by atoms with Crippen LogP contribution in [0.2, 0.25) is 0 Å². The molecule has 2 atom stereocenters. The van der Waals surface area contributed by atoms with Gasteiger partial charge in [-0.3, -0.25) is 0 Å². The first-order chi connectivity index (χ1) is 10.2. The van der Waals surface area contributed by atoms with Gasteiger partial charge in [-0.2, -0.15) is 0 Å². The van der Waals surface area contributed by atoms with Crippen LogP contribution in [0.25, 0.3) is 0 Å². The van der Waals surface area contributed by atoms with Crippen LogP contribution >= 0.6 is 0 Å². The van der Waals surface area contributed by atoms with Gasteiger partial charge in [-0.15, -0.1) is 0 Å². The van der Waals surface area contributed by atoms with E-state index in [1.165, 1.54) is 22.3 Å². The topological polar surface area (TPSA) is 24.1 Å². The Morgan fingerprint density at radius 1 is 1.10 bits per heavy atom. The van der Waals surface area contributed by atoms with Crippen molar-refractivity contribution in [2.24, 2.45) is 0 Å². The van der Waals surface area contributed by atoms with Gasteiger partial charge in [0.1, 0.15) is 0 Å². The zero-order valence-corrected chi connectivity index (χ0v) is 12.9. The fourth-order valence-electron chi connectivity index (χ4n) is 3.09. The molecule has 0 amide bonds. The first kappa shape index (κ1) is 14.3. The predicted octanol–water partition coefficient (Wildman–Crippen LogP) is 3.88. The Balaban J connectivity index is 1.79. The second kappa shape index (κ2) is 6.42. The van der Waals surface area contributed by atoms with Crippen molar-refractivity contribution in [2.75, 3.05) is 6.54 Å². The highest BCUT2D eigenvalue weighted by atomic mass is 15.0. The molecule has 1 aliphatic rings. The molecule has 0 spiro atoms. The molecule has 1 unspecified atom stereocenters. The molecule has 0 bridgehead atoms. The summed E-state index contributed by atoms with van der Waals surface area (Å²) in [5, 5.41) is 7.32. The lowest BCUT2D eigenvalue weighted by Gasteiger charge is -2.24. The smallest absolute Gasteiger partial charge is 0.0340 e. The van der Waals surface area contributed by atoms with Crippen LogP contribution in [0.5, 0.6) is 0 Å². The number of aryl methyl sites for hydroxylation is 1. The molecule has 0 aromatic heterocycles. The molecule has 0 fully saturated rings. The Labute approximate surface area is 127 Å². The molecule has 3 rings (SSSR count). The van der Waals surface area contributed by atoms with Gasteiger partial charge in [-0.1, -0.05) is 54.1 Å². The lowest BCUT2D eigenvalue weighted by molar-refractivity contribution is 0.443. The third-order valence-electron chi connectivity index (χ3n) is 4.38. The maximum absolute atomic E-state index is 3.81. The van der Waals surface area contributed by atoms with E-state index in [9.17, 15) is 0 Å². The molecule has 1 heterocycles. The van der Waals surface area contributed by atoms with Gasteiger partial charge in [-0.25, -0.2) is 0 Å². The summed E-state index contributed by atoms with van der Waals surface area (Å²) < 4.78 is 0. The Bertz CT molecular complexity index is 589. The van der Waals surface area contributed by atoms with E-state index in [-0.39, 0.29) is 0 Å². The third-order valence-corrected chi connectivity index (χ3v) is 4.38. The summed E-state index contributed by atoms with van der Waals surface area (Å²) in [6.07, 6.45) is 1.13. The summed E-state index contributed by atoms with van der Waals surface area (Å²) in [6, 6.07) is 18.4. The van der Waals surface area contributed by atoms with Gasteiger partial charge in [-0.05, 0) is 43.5 Å². The van der Waals surface area contributed by atoms with E-state index in [1.54, 1.807) is 0 Å². The normalized spacial score (nSPS) is 19.6. The summed E-state index contributed by atoms with van der Waals surface area (Å²) in [6.45, 7) is 6.43. The van der Waals surface area contributed by atoms with Gasteiger partial charge in [0, 0.05) is 18.6 Å². The summed E-state index contributed by atoms with van der Waals surface area (Å²) in [4.78, 5) is 0. The molecule has 2 nitrogen and oxygen atoms in total. The van der Waals surface area contributed by atoms with Crippen molar-refractivity contribution in [1.82, 2.24) is 10.6 Å². The molecule has 2 N–H and O–H groups in total. The molecule has 1 aliphatic heterocycles. The minimum atomic E-state index is 0.363.